The molecule has 1 N–H and O–H groups in total. The summed E-state index contributed by atoms with van der Waals surface area (Å²) in [4.78, 5) is 46.8. The van der Waals surface area contributed by atoms with Crippen LogP contribution in [-0.4, -0.2) is 94.1 Å². The number of ether oxygens (including phenoxy) is 2. The molecule has 3 fully saturated rings. The molecule has 39 heavy (non-hydrogen) atoms. The molecule has 1 spiro atoms. The van der Waals surface area contributed by atoms with Crippen LogP contribution in [0.2, 0.25) is 0 Å². The van der Waals surface area contributed by atoms with E-state index in [2.05, 4.69) is 29.1 Å². The van der Waals surface area contributed by atoms with Crippen molar-refractivity contribution in [3.63, 3.8) is 0 Å². The monoisotopic (exact) mass is 603 g/mol. The third kappa shape index (κ3) is 4.91. The standard InChI is InChI=1S/C29H38BrN3O6/c1-6-13-31(18(4)5)28(37)25-29-17-21(30)24(39-29)22(23(29)27(36)33(25)15-16-34)26(35)32(14-7-2)19-9-11-20(12-10-19)38-8-3/h6-7,9-12,18,21-25,34H,1-2,8,13-17H2,3-5H3/t21?,22-,23-,24-,25?,29?/m0/s1. The lowest BCUT2D eigenvalue weighted by Gasteiger charge is -2.38. The molecule has 0 radical (unpaired) electrons. The first-order valence-electron chi connectivity index (χ1n) is 13.5. The van der Waals surface area contributed by atoms with E-state index in [9.17, 15) is 19.5 Å². The number of amides is 3. The minimum Gasteiger partial charge on any atom is -0.494 e. The Kier molecular flexibility index (Phi) is 8.88. The highest BCUT2D eigenvalue weighted by atomic mass is 79.9. The van der Waals surface area contributed by atoms with Gasteiger partial charge in [0.05, 0.1) is 31.2 Å². The van der Waals surface area contributed by atoms with Crippen molar-refractivity contribution in [1.82, 2.24) is 9.80 Å². The van der Waals surface area contributed by atoms with Crippen molar-refractivity contribution in [3.8, 4) is 5.75 Å². The molecule has 9 nitrogen and oxygen atoms in total. The highest BCUT2D eigenvalue weighted by Crippen LogP contribution is 2.60. The minimum absolute atomic E-state index is 0.0231. The Morgan fingerprint density at radius 1 is 1.23 bits per heavy atom. The quantitative estimate of drug-likeness (QED) is 0.291. The summed E-state index contributed by atoms with van der Waals surface area (Å²) in [6, 6.07) is 6.11. The number of benzene rings is 1. The van der Waals surface area contributed by atoms with E-state index in [0.717, 1.165) is 0 Å². The molecule has 0 aliphatic carbocycles. The molecule has 2 bridgehead atoms. The van der Waals surface area contributed by atoms with Crippen LogP contribution < -0.4 is 9.64 Å². The molecule has 1 aromatic rings. The zero-order chi connectivity index (χ0) is 28.5. The average Bonchev–Trinajstić information content (AvgIpc) is 3.49. The molecule has 1 aromatic carbocycles. The Bertz CT molecular complexity index is 1110. The van der Waals surface area contributed by atoms with Gasteiger partial charge in [-0.05, 0) is 51.5 Å². The van der Waals surface area contributed by atoms with Crippen LogP contribution in [0.5, 0.6) is 5.75 Å². The lowest BCUT2D eigenvalue weighted by Crippen LogP contribution is -2.58. The zero-order valence-electron chi connectivity index (χ0n) is 22.8. The SMILES string of the molecule is C=CCN(C(=O)[C@H]1[C@H]2C(=O)N(CCO)C(C(=O)N(CC=C)C(C)C)C23CC(Br)[C@@H]1O3)c1ccc(OCC)cc1. The number of aliphatic hydroxyl groups is 1. The van der Waals surface area contributed by atoms with Crippen molar-refractivity contribution in [3.05, 3.63) is 49.6 Å². The van der Waals surface area contributed by atoms with E-state index < -0.39 is 29.6 Å². The van der Waals surface area contributed by atoms with Crippen LogP contribution in [0.4, 0.5) is 5.69 Å². The number of likely N-dealkylation sites (tertiary alicyclic amines) is 1. The van der Waals surface area contributed by atoms with Crippen molar-refractivity contribution < 1.29 is 29.0 Å². The predicted octanol–water partition coefficient (Wildman–Crippen LogP) is 2.77. The predicted molar refractivity (Wildman–Crippen MR) is 152 cm³/mol. The van der Waals surface area contributed by atoms with E-state index in [1.165, 1.54) is 4.90 Å². The number of alkyl halides is 1. The largest absolute Gasteiger partial charge is 0.494 e. The molecule has 212 valence electrons. The van der Waals surface area contributed by atoms with Crippen molar-refractivity contribution >= 4 is 39.3 Å². The maximum atomic E-state index is 14.3. The number of hydrogen-bond acceptors (Lipinski definition) is 6. The van der Waals surface area contributed by atoms with Crippen LogP contribution >= 0.6 is 15.9 Å². The Balaban J connectivity index is 1.75. The van der Waals surface area contributed by atoms with Gasteiger partial charge in [0.25, 0.3) is 0 Å². The number of carbonyl (C=O) groups excluding carboxylic acids is 3. The maximum Gasteiger partial charge on any atom is 0.248 e. The molecule has 3 unspecified atom stereocenters. The van der Waals surface area contributed by atoms with Crippen molar-refractivity contribution in [1.29, 1.82) is 0 Å². The number of halogens is 1. The molecule has 3 heterocycles. The van der Waals surface area contributed by atoms with E-state index in [0.29, 0.717) is 31.0 Å². The number of rotatable bonds is 12. The van der Waals surface area contributed by atoms with Crippen molar-refractivity contribution in [2.24, 2.45) is 11.8 Å². The van der Waals surface area contributed by atoms with Crippen LogP contribution in [-0.2, 0) is 19.1 Å². The molecule has 3 amide bonds. The smallest absolute Gasteiger partial charge is 0.248 e. The molecule has 0 saturated carbocycles. The molecule has 0 aromatic heterocycles. The topological polar surface area (TPSA) is 99.6 Å². The van der Waals surface area contributed by atoms with Gasteiger partial charge in [0.2, 0.25) is 17.7 Å². The van der Waals surface area contributed by atoms with Gasteiger partial charge in [-0.25, -0.2) is 0 Å². The Morgan fingerprint density at radius 3 is 2.46 bits per heavy atom. The maximum absolute atomic E-state index is 14.3. The van der Waals surface area contributed by atoms with E-state index >= 15 is 0 Å². The molecule has 3 aliphatic heterocycles. The number of anilines is 1. The van der Waals surface area contributed by atoms with Crippen LogP contribution in [0.1, 0.15) is 27.2 Å². The van der Waals surface area contributed by atoms with Crippen LogP contribution in [0, 0.1) is 11.8 Å². The molecular formula is C29H38BrN3O6. The fraction of sp³-hybridized carbons (Fsp3) is 0.552. The Morgan fingerprint density at radius 2 is 1.90 bits per heavy atom. The summed E-state index contributed by atoms with van der Waals surface area (Å²) in [5.74, 6) is -1.84. The minimum atomic E-state index is -1.19. The summed E-state index contributed by atoms with van der Waals surface area (Å²) < 4.78 is 12.1. The molecule has 3 aliphatic rings. The Labute approximate surface area is 238 Å². The fourth-order valence-electron chi connectivity index (χ4n) is 6.41. The number of nitrogens with zero attached hydrogens (tertiary/aromatic N) is 3. The van der Waals surface area contributed by atoms with Gasteiger partial charge in [0, 0.05) is 36.2 Å². The number of β-amino-alcohol motifs (C(OH)–C–C–N with tert-alkyl or cyclic N) is 1. The summed E-state index contributed by atoms with van der Waals surface area (Å²) in [5, 5.41) is 9.84. The van der Waals surface area contributed by atoms with Gasteiger partial charge < -0.3 is 29.3 Å². The molecule has 4 rings (SSSR count). The summed E-state index contributed by atoms with van der Waals surface area (Å²) in [6.07, 6.45) is 3.11. The van der Waals surface area contributed by atoms with Gasteiger partial charge in [-0.3, -0.25) is 14.4 Å². The van der Waals surface area contributed by atoms with Crippen LogP contribution in [0.3, 0.4) is 0 Å². The van der Waals surface area contributed by atoms with Crippen molar-refractivity contribution in [2.45, 2.75) is 55.8 Å². The van der Waals surface area contributed by atoms with Gasteiger partial charge in [0.1, 0.15) is 17.4 Å². The highest BCUT2D eigenvalue weighted by molar-refractivity contribution is 9.09. The summed E-state index contributed by atoms with van der Waals surface area (Å²) in [6.45, 7) is 14.1. The number of fused-ring (bicyclic) bond motifs is 1. The second-order valence-electron chi connectivity index (χ2n) is 10.5. The first kappa shape index (κ1) is 29.3. The first-order valence-corrected chi connectivity index (χ1v) is 14.4. The summed E-state index contributed by atoms with van der Waals surface area (Å²) in [5.41, 5.74) is -0.538. The second kappa shape index (κ2) is 11.8. The van der Waals surface area contributed by atoms with Crippen molar-refractivity contribution in [2.75, 3.05) is 37.7 Å². The van der Waals surface area contributed by atoms with Gasteiger partial charge >= 0.3 is 0 Å². The third-order valence-corrected chi connectivity index (χ3v) is 8.76. The zero-order valence-corrected chi connectivity index (χ0v) is 24.4. The van der Waals surface area contributed by atoms with Gasteiger partial charge in [-0.2, -0.15) is 0 Å². The van der Waals surface area contributed by atoms with Gasteiger partial charge in [0.15, 0.2) is 0 Å². The average molecular weight is 605 g/mol. The molecule has 10 heteroatoms. The third-order valence-electron chi connectivity index (χ3n) is 7.92. The highest BCUT2D eigenvalue weighted by Gasteiger charge is 2.76. The van der Waals surface area contributed by atoms with E-state index in [-0.39, 0.29) is 48.3 Å². The Hall–Kier alpha value is -2.69. The van der Waals surface area contributed by atoms with Crippen LogP contribution in [0.15, 0.2) is 49.6 Å². The van der Waals surface area contributed by atoms with Gasteiger partial charge in [-0.1, -0.05) is 28.1 Å². The second-order valence-corrected chi connectivity index (χ2v) is 11.6. The van der Waals surface area contributed by atoms with Crippen LogP contribution in [0.25, 0.3) is 0 Å². The normalized spacial score (nSPS) is 28.9. The van der Waals surface area contributed by atoms with E-state index in [1.807, 2.05) is 20.8 Å². The number of carbonyl (C=O) groups is 3. The lowest BCUT2D eigenvalue weighted by atomic mass is 9.70. The molecular weight excluding hydrogens is 566 g/mol. The molecule has 3 saturated heterocycles. The first-order chi connectivity index (χ1) is 18.7. The number of hydrogen-bond donors (Lipinski definition) is 1. The number of aliphatic hydroxyl groups excluding tert-OH is 1. The van der Waals surface area contributed by atoms with E-state index in [4.69, 9.17) is 9.47 Å². The van der Waals surface area contributed by atoms with E-state index in [1.54, 1.807) is 46.2 Å². The fourth-order valence-corrected chi connectivity index (χ4v) is 7.35. The summed E-state index contributed by atoms with van der Waals surface area (Å²) in [7, 11) is 0. The summed E-state index contributed by atoms with van der Waals surface area (Å²) >= 11 is 3.71. The lowest BCUT2D eigenvalue weighted by molar-refractivity contribution is -0.149. The van der Waals surface area contributed by atoms with Gasteiger partial charge in [-0.15, -0.1) is 13.2 Å². The molecule has 6 atom stereocenters.